The van der Waals surface area contributed by atoms with Crippen molar-refractivity contribution in [1.82, 2.24) is 9.79 Å². The number of hydroxylamine groups is 2. The van der Waals surface area contributed by atoms with Crippen LogP contribution >= 0.6 is 37.1 Å². The fourth-order valence-electron chi connectivity index (χ4n) is 9.85. The van der Waals surface area contributed by atoms with Crippen LogP contribution in [-0.2, 0) is 65.1 Å². The van der Waals surface area contributed by atoms with Crippen molar-refractivity contribution in [3.8, 4) is 0 Å². The monoisotopic (exact) mass is 1080 g/mol. The second-order valence-electron chi connectivity index (χ2n) is 18.7. The number of allylic oxidation sites excluding steroid dienone is 5. The molecule has 4 aromatic carbocycles. The average Bonchev–Trinajstić information content (AvgIpc) is 3.85. The maximum absolute atomic E-state index is 13.4. The first kappa shape index (κ1) is 51.8. The van der Waals surface area contributed by atoms with Crippen molar-refractivity contribution in [2.24, 2.45) is 0 Å². The zero-order valence-electron chi connectivity index (χ0n) is 38.8. The molecule has 17 nitrogen and oxygen atoms in total. The largest absolute Gasteiger partial charge is 0.344 e. The van der Waals surface area contributed by atoms with Crippen molar-refractivity contribution < 1.29 is 63.0 Å². The summed E-state index contributed by atoms with van der Waals surface area (Å²) in [5.41, 5.74) is 3.35. The Bertz CT molecular complexity index is 3600. The molecule has 4 aliphatic rings. The van der Waals surface area contributed by atoms with E-state index in [9.17, 15) is 53.5 Å². The summed E-state index contributed by atoms with van der Waals surface area (Å²) in [4.78, 5) is 57.5. The number of benzene rings is 4. The first-order valence-electron chi connectivity index (χ1n) is 22.1. The van der Waals surface area contributed by atoms with Gasteiger partial charge in [-0.2, -0.15) is 21.4 Å². The lowest BCUT2D eigenvalue weighted by Crippen LogP contribution is -2.37. The topological polar surface area (TPSA) is 242 Å². The average molecular weight is 1080 g/mol. The minimum atomic E-state index is -4.54. The van der Waals surface area contributed by atoms with Gasteiger partial charge in [0.2, 0.25) is 22.3 Å². The van der Waals surface area contributed by atoms with Crippen LogP contribution in [0.5, 0.6) is 0 Å². The quantitative estimate of drug-likeness (QED) is 0.0196. The highest BCUT2D eigenvalue weighted by atomic mass is 32.2. The number of sulfonamides is 1. The molecule has 0 bridgehead atoms. The summed E-state index contributed by atoms with van der Waals surface area (Å²) in [7, 11) is -13.0. The summed E-state index contributed by atoms with van der Waals surface area (Å²) in [5.74, 6) is -2.66. The number of anilines is 1. The lowest BCUT2D eigenvalue weighted by Gasteiger charge is -2.28. The van der Waals surface area contributed by atoms with E-state index in [2.05, 4.69) is 4.90 Å². The van der Waals surface area contributed by atoms with Crippen molar-refractivity contribution in [3.63, 3.8) is 0 Å². The molecule has 71 heavy (non-hydrogen) atoms. The van der Waals surface area contributed by atoms with Crippen LogP contribution in [-0.4, -0.2) is 102 Å². The minimum Gasteiger partial charge on any atom is -0.344 e. The van der Waals surface area contributed by atoms with Crippen molar-refractivity contribution in [3.05, 3.63) is 106 Å². The van der Waals surface area contributed by atoms with Crippen molar-refractivity contribution in [2.75, 3.05) is 24.2 Å². The Labute approximate surface area is 426 Å². The second kappa shape index (κ2) is 18.5. The number of carbonyl (C=O) groups is 4. The van der Waals surface area contributed by atoms with Gasteiger partial charge in [0.15, 0.2) is 5.71 Å². The van der Waals surface area contributed by atoms with Gasteiger partial charge < -0.3 is 9.74 Å². The summed E-state index contributed by atoms with van der Waals surface area (Å²) >= 11 is 17.2. The summed E-state index contributed by atoms with van der Waals surface area (Å²) in [6.07, 6.45) is 5.97. The number of fused-ring (bicyclic) bond motifs is 6. The minimum absolute atomic E-state index is 0.0174. The smallest absolute Gasteiger partial charge is 0.333 e. The van der Waals surface area contributed by atoms with E-state index in [0.29, 0.717) is 84.9 Å². The molecule has 3 amide bonds. The SMILES string of the molecule is CC1(C)C(/C=C2\C(=S)C(=S)C(/C=C3/N(CCCCCC(=O)ON4C(=O)CCC4=O)c4ccc5cc(S(=O)(=O)O)ccc5c4C3(C)C)=C2S)=[N+](CC(=O)NS(C)(=O)=O)c2ccc3cc(S(=O)(=O)O)ccc3c21. The summed E-state index contributed by atoms with van der Waals surface area (Å²) < 4.78 is 96.3. The Balaban J connectivity index is 1.20. The molecule has 1 aliphatic carbocycles. The van der Waals surface area contributed by atoms with Gasteiger partial charge in [0, 0.05) is 76.4 Å². The number of nitrogens with one attached hydrogen (secondary N) is 1. The third kappa shape index (κ3) is 9.77. The highest BCUT2D eigenvalue weighted by Crippen LogP contribution is 2.52. The number of hydrogen-bond donors (Lipinski definition) is 4. The van der Waals surface area contributed by atoms with Crippen LogP contribution in [0.4, 0.5) is 11.4 Å². The Morgan fingerprint density at radius 2 is 1.37 bits per heavy atom. The fraction of sp³-hybridized carbons (Fsp3) is 0.312. The number of nitrogens with zero attached hydrogens (tertiary/aromatic N) is 3. The lowest BCUT2D eigenvalue weighted by molar-refractivity contribution is -0.425. The predicted octanol–water partition coefficient (Wildman–Crippen LogP) is 6.65. The van der Waals surface area contributed by atoms with Crippen LogP contribution < -0.4 is 9.62 Å². The van der Waals surface area contributed by atoms with E-state index in [1.807, 2.05) is 44.6 Å². The van der Waals surface area contributed by atoms with Gasteiger partial charge >= 0.3 is 5.97 Å². The highest BCUT2D eigenvalue weighted by Gasteiger charge is 2.48. The summed E-state index contributed by atoms with van der Waals surface area (Å²) in [5, 5.41) is 2.91. The van der Waals surface area contributed by atoms with Gasteiger partial charge in [-0.25, -0.2) is 17.9 Å². The standard InChI is InChI=1S/C48H46N4O13S6/c1-47(2)36(50(20-8-6-7-9-41(56)65-52-39(54)18-19-40(52)55)34-16-10-26-21-28(70(59,60)61)12-14-30(26)42(34)47)23-32-44(66)33(46(68)45(32)67)24-37-48(3,4)43-31-15-13-29(71(62,63)64)22-27(31)11-17-35(43)51(37)25-38(53)49-69(5,57)58/h10-17,21-24H,6-9,18-20,25H2,1-5H3,(H3-,49,53,59,60,61,62,63,64,66,67,68)/p+1. The van der Waals surface area contributed by atoms with Crippen LogP contribution in [0.3, 0.4) is 0 Å². The van der Waals surface area contributed by atoms with Gasteiger partial charge in [0.05, 0.1) is 31.2 Å². The van der Waals surface area contributed by atoms with Crippen molar-refractivity contribution in [2.45, 2.75) is 86.8 Å². The molecular formula is C48H47N4O13S6+. The highest BCUT2D eigenvalue weighted by molar-refractivity contribution is 7.91. The molecular weight excluding hydrogens is 1030 g/mol. The Kier molecular flexibility index (Phi) is 13.5. The molecule has 3 aliphatic heterocycles. The zero-order chi connectivity index (χ0) is 51.9. The van der Waals surface area contributed by atoms with Gasteiger partial charge in [-0.05, 0) is 96.3 Å². The predicted molar refractivity (Wildman–Crippen MR) is 277 cm³/mol. The van der Waals surface area contributed by atoms with E-state index in [1.54, 1.807) is 41.0 Å². The van der Waals surface area contributed by atoms with E-state index in [-0.39, 0.29) is 33.9 Å². The fourth-order valence-corrected chi connectivity index (χ4v) is 12.4. The number of rotatable bonds is 14. The first-order valence-corrected chi connectivity index (χ1v) is 28.1. The number of thiol groups is 1. The van der Waals surface area contributed by atoms with Crippen LogP contribution in [0.1, 0.15) is 77.3 Å². The Morgan fingerprint density at radius 3 is 1.94 bits per heavy atom. The summed E-state index contributed by atoms with van der Waals surface area (Å²) in [6.45, 7) is 7.78. The third-order valence-electron chi connectivity index (χ3n) is 13.1. The van der Waals surface area contributed by atoms with E-state index >= 15 is 0 Å². The molecule has 0 spiro atoms. The summed E-state index contributed by atoms with van der Waals surface area (Å²) in [6, 6.07) is 15.5. The molecule has 3 N–H and O–H groups in total. The molecule has 23 heteroatoms. The van der Waals surface area contributed by atoms with Crippen LogP contribution in [0, 0.1) is 0 Å². The van der Waals surface area contributed by atoms with Crippen molar-refractivity contribution in [1.29, 1.82) is 0 Å². The van der Waals surface area contributed by atoms with Crippen LogP contribution in [0.2, 0.25) is 0 Å². The maximum Gasteiger partial charge on any atom is 0.333 e. The van der Waals surface area contributed by atoms with Gasteiger partial charge in [-0.3, -0.25) is 23.5 Å². The molecule has 0 unspecified atom stereocenters. The van der Waals surface area contributed by atoms with Gasteiger partial charge in [0.25, 0.3) is 38.0 Å². The number of imide groups is 1. The Hall–Kier alpha value is -5.53. The molecule has 1 saturated heterocycles. The Morgan fingerprint density at radius 1 is 0.789 bits per heavy atom. The number of unbranched alkanes of at least 4 members (excludes halogenated alkanes) is 2. The zero-order valence-corrected chi connectivity index (χ0v) is 43.8. The maximum atomic E-state index is 13.4. The molecule has 0 atom stereocenters. The van der Waals surface area contributed by atoms with Gasteiger partial charge in [0.1, 0.15) is 0 Å². The van der Waals surface area contributed by atoms with E-state index < -0.39 is 71.3 Å². The molecule has 0 radical (unpaired) electrons. The second-order valence-corrected chi connectivity index (χ2v) is 24.5. The van der Waals surface area contributed by atoms with Crippen molar-refractivity contribution >= 4 is 139 Å². The number of carbonyl (C=O) groups excluding carboxylic acids is 4. The molecule has 372 valence electrons. The number of thiocarbonyl (C=S) groups is 2. The number of hydrogen-bond acceptors (Lipinski definition) is 15. The van der Waals surface area contributed by atoms with Gasteiger partial charge in [-0.1, -0.05) is 62.9 Å². The van der Waals surface area contributed by atoms with Crippen LogP contribution in [0.15, 0.2) is 104 Å². The molecule has 4 aromatic rings. The number of amides is 3. The molecule has 8 rings (SSSR count). The molecule has 1 fully saturated rings. The van der Waals surface area contributed by atoms with Gasteiger partial charge in [-0.15, -0.1) is 17.7 Å². The van der Waals surface area contributed by atoms with E-state index in [0.717, 1.165) is 28.6 Å². The lowest BCUT2D eigenvalue weighted by atomic mass is 9.78. The molecule has 0 saturated carbocycles. The van der Waals surface area contributed by atoms with E-state index in [1.165, 1.54) is 24.3 Å². The molecule has 0 aromatic heterocycles. The van der Waals surface area contributed by atoms with Crippen LogP contribution in [0.25, 0.3) is 21.5 Å². The third-order valence-corrected chi connectivity index (χ3v) is 16.8. The van der Waals surface area contributed by atoms with E-state index in [4.69, 9.17) is 41.9 Å². The normalized spacial score (nSPS) is 19.0. The first-order chi connectivity index (χ1) is 33.0. The molecule has 3 heterocycles.